The zero-order chi connectivity index (χ0) is 20.7. The highest BCUT2D eigenvalue weighted by atomic mass is 16.5. The summed E-state index contributed by atoms with van der Waals surface area (Å²) in [4.78, 5) is 31.7. The second kappa shape index (κ2) is 10.1. The lowest BCUT2D eigenvalue weighted by atomic mass is 9.91. The van der Waals surface area contributed by atoms with Gasteiger partial charge in [0.05, 0.1) is 6.33 Å². The van der Waals surface area contributed by atoms with E-state index in [1.165, 1.54) is 0 Å². The number of nitrogens with one attached hydrogen (secondary N) is 2. The lowest BCUT2D eigenvalue weighted by molar-refractivity contribution is -0.150. The van der Waals surface area contributed by atoms with Crippen LogP contribution < -0.4 is 5.32 Å². The molecule has 0 bridgehead atoms. The summed E-state index contributed by atoms with van der Waals surface area (Å²) in [5, 5.41) is 2.79. The number of rotatable bonds is 9. The van der Waals surface area contributed by atoms with Crippen LogP contribution in [0.3, 0.4) is 0 Å². The van der Waals surface area contributed by atoms with Crippen LogP contribution in [-0.2, 0) is 20.9 Å². The fraction of sp³-hybridized carbons (Fsp3) is 0.500. The van der Waals surface area contributed by atoms with Crippen molar-refractivity contribution in [2.75, 3.05) is 0 Å². The summed E-state index contributed by atoms with van der Waals surface area (Å²) < 4.78 is 5.56. The van der Waals surface area contributed by atoms with Crippen molar-refractivity contribution in [1.82, 2.24) is 15.3 Å². The standard InChI is InChI=1S/C22H31N3O3/c1-6-8-20(26)25-21(14(2)3)22(27)28-12-17-9-7-10-18(15(17)4)16(5)19-11-23-13-24-19/h7,9-11,13-14,16,21H,6,8,12H2,1-5H3,(H,23,24)(H,25,26). The largest absolute Gasteiger partial charge is 0.459 e. The van der Waals surface area contributed by atoms with E-state index in [9.17, 15) is 9.59 Å². The molecule has 1 amide bonds. The fourth-order valence-electron chi connectivity index (χ4n) is 3.21. The lowest BCUT2D eigenvalue weighted by Gasteiger charge is -2.21. The average Bonchev–Trinajstić information content (AvgIpc) is 3.19. The third-order valence-electron chi connectivity index (χ3n) is 5.02. The van der Waals surface area contributed by atoms with E-state index in [-0.39, 0.29) is 24.3 Å². The Morgan fingerprint density at radius 2 is 2.00 bits per heavy atom. The SMILES string of the molecule is CCCC(=O)NC(C(=O)OCc1cccc(C(C)c2cnc[nH]2)c1C)C(C)C. The Labute approximate surface area is 167 Å². The van der Waals surface area contributed by atoms with Crippen molar-refractivity contribution in [3.05, 3.63) is 53.1 Å². The Kier molecular flexibility index (Phi) is 7.79. The van der Waals surface area contributed by atoms with E-state index in [0.29, 0.717) is 6.42 Å². The monoisotopic (exact) mass is 385 g/mol. The average molecular weight is 386 g/mol. The second-order valence-corrected chi connectivity index (χ2v) is 7.51. The highest BCUT2D eigenvalue weighted by Crippen LogP contribution is 2.27. The topological polar surface area (TPSA) is 84.1 Å². The third-order valence-corrected chi connectivity index (χ3v) is 5.02. The third kappa shape index (κ3) is 5.44. The number of H-pyrrole nitrogens is 1. The quantitative estimate of drug-likeness (QED) is 0.642. The molecule has 2 unspecified atom stereocenters. The number of imidazole rings is 1. The smallest absolute Gasteiger partial charge is 0.329 e. The van der Waals surface area contributed by atoms with Gasteiger partial charge in [-0.15, -0.1) is 0 Å². The summed E-state index contributed by atoms with van der Waals surface area (Å²) >= 11 is 0. The van der Waals surface area contributed by atoms with Crippen LogP contribution in [0, 0.1) is 12.8 Å². The molecular weight excluding hydrogens is 354 g/mol. The van der Waals surface area contributed by atoms with E-state index in [4.69, 9.17) is 4.74 Å². The van der Waals surface area contributed by atoms with Gasteiger partial charge in [0.25, 0.3) is 0 Å². The summed E-state index contributed by atoms with van der Waals surface area (Å²) in [5.74, 6) is -0.397. The molecule has 1 aromatic carbocycles. The molecule has 0 spiro atoms. The molecule has 0 aliphatic carbocycles. The van der Waals surface area contributed by atoms with Gasteiger partial charge in [0.15, 0.2) is 0 Å². The van der Waals surface area contributed by atoms with Crippen molar-refractivity contribution in [3.63, 3.8) is 0 Å². The van der Waals surface area contributed by atoms with Gasteiger partial charge in [0.2, 0.25) is 5.91 Å². The predicted molar refractivity (Wildman–Crippen MR) is 109 cm³/mol. The van der Waals surface area contributed by atoms with Gasteiger partial charge >= 0.3 is 5.97 Å². The van der Waals surface area contributed by atoms with Crippen LogP contribution in [0.15, 0.2) is 30.7 Å². The first kappa shape index (κ1) is 21.7. The molecule has 2 atom stereocenters. The molecule has 0 saturated heterocycles. The van der Waals surface area contributed by atoms with Gasteiger partial charge in [0, 0.05) is 24.2 Å². The fourth-order valence-corrected chi connectivity index (χ4v) is 3.21. The highest BCUT2D eigenvalue weighted by molar-refractivity contribution is 5.84. The van der Waals surface area contributed by atoms with Gasteiger partial charge in [-0.3, -0.25) is 4.79 Å². The van der Waals surface area contributed by atoms with Gasteiger partial charge in [-0.05, 0) is 36.0 Å². The minimum Gasteiger partial charge on any atom is -0.459 e. The first-order valence-corrected chi connectivity index (χ1v) is 9.87. The second-order valence-electron chi connectivity index (χ2n) is 7.51. The number of carbonyl (C=O) groups excluding carboxylic acids is 2. The molecule has 2 N–H and O–H groups in total. The van der Waals surface area contributed by atoms with Crippen LogP contribution in [0.25, 0.3) is 0 Å². The molecule has 6 nitrogen and oxygen atoms in total. The zero-order valence-corrected chi connectivity index (χ0v) is 17.4. The van der Waals surface area contributed by atoms with Crippen molar-refractivity contribution in [3.8, 4) is 0 Å². The number of nitrogens with zero attached hydrogens (tertiary/aromatic N) is 1. The molecule has 0 fully saturated rings. The van der Waals surface area contributed by atoms with Crippen molar-refractivity contribution in [2.45, 2.75) is 66.0 Å². The number of benzene rings is 1. The van der Waals surface area contributed by atoms with E-state index in [2.05, 4.69) is 28.3 Å². The molecule has 1 aromatic heterocycles. The van der Waals surface area contributed by atoms with Crippen LogP contribution in [0.2, 0.25) is 0 Å². The van der Waals surface area contributed by atoms with Crippen molar-refractivity contribution < 1.29 is 14.3 Å². The maximum Gasteiger partial charge on any atom is 0.329 e. The maximum absolute atomic E-state index is 12.6. The van der Waals surface area contributed by atoms with E-state index >= 15 is 0 Å². The molecule has 28 heavy (non-hydrogen) atoms. The summed E-state index contributed by atoms with van der Waals surface area (Å²) in [6.45, 7) is 10.1. The minimum atomic E-state index is -0.633. The predicted octanol–water partition coefficient (Wildman–Crippen LogP) is 3.85. The molecule has 2 aromatic rings. The molecule has 0 aliphatic heterocycles. The molecule has 2 rings (SSSR count). The molecule has 152 valence electrons. The van der Waals surface area contributed by atoms with E-state index in [1.807, 2.05) is 46.0 Å². The summed E-state index contributed by atoms with van der Waals surface area (Å²) in [6.07, 6.45) is 4.64. The number of ether oxygens (including phenoxy) is 1. The number of aromatic amines is 1. The van der Waals surface area contributed by atoms with Crippen molar-refractivity contribution >= 4 is 11.9 Å². The van der Waals surface area contributed by atoms with E-state index < -0.39 is 12.0 Å². The first-order valence-electron chi connectivity index (χ1n) is 9.87. The summed E-state index contributed by atoms with van der Waals surface area (Å²) in [6, 6.07) is 5.38. The number of hydrogen-bond donors (Lipinski definition) is 2. The zero-order valence-electron chi connectivity index (χ0n) is 17.4. The first-order chi connectivity index (χ1) is 13.3. The van der Waals surface area contributed by atoms with E-state index in [0.717, 1.165) is 28.8 Å². The minimum absolute atomic E-state index is 0.0406. The van der Waals surface area contributed by atoms with Gasteiger partial charge < -0.3 is 15.0 Å². The Balaban J connectivity index is 2.08. The number of hydrogen-bond acceptors (Lipinski definition) is 4. The van der Waals surface area contributed by atoms with Crippen LogP contribution in [0.1, 0.15) is 68.8 Å². The van der Waals surface area contributed by atoms with Gasteiger partial charge in [0.1, 0.15) is 12.6 Å². The maximum atomic E-state index is 12.6. The van der Waals surface area contributed by atoms with Crippen LogP contribution >= 0.6 is 0 Å². The number of esters is 1. The van der Waals surface area contributed by atoms with Crippen molar-refractivity contribution in [2.24, 2.45) is 5.92 Å². The molecule has 1 heterocycles. The normalized spacial score (nSPS) is 13.2. The molecule has 0 aliphatic rings. The number of carbonyl (C=O) groups is 2. The molecular formula is C22H31N3O3. The Hall–Kier alpha value is -2.63. The van der Waals surface area contributed by atoms with Crippen LogP contribution in [0.4, 0.5) is 0 Å². The van der Waals surface area contributed by atoms with E-state index in [1.54, 1.807) is 6.33 Å². The van der Waals surface area contributed by atoms with Gasteiger partial charge in [-0.1, -0.05) is 45.9 Å². The van der Waals surface area contributed by atoms with Gasteiger partial charge in [-0.2, -0.15) is 0 Å². The van der Waals surface area contributed by atoms with Gasteiger partial charge in [-0.25, -0.2) is 9.78 Å². The molecule has 0 radical (unpaired) electrons. The number of aromatic nitrogens is 2. The Bertz CT molecular complexity index is 784. The number of amides is 1. The molecule has 0 saturated carbocycles. The van der Waals surface area contributed by atoms with Crippen LogP contribution in [0.5, 0.6) is 0 Å². The Morgan fingerprint density at radius 3 is 2.61 bits per heavy atom. The van der Waals surface area contributed by atoms with Crippen molar-refractivity contribution in [1.29, 1.82) is 0 Å². The molecule has 6 heteroatoms. The summed E-state index contributed by atoms with van der Waals surface area (Å²) in [7, 11) is 0. The lowest BCUT2D eigenvalue weighted by Crippen LogP contribution is -2.45. The van der Waals surface area contributed by atoms with Crippen LogP contribution in [-0.4, -0.2) is 27.9 Å². The summed E-state index contributed by atoms with van der Waals surface area (Å²) in [5.41, 5.74) is 4.25. The Morgan fingerprint density at radius 1 is 1.25 bits per heavy atom. The highest BCUT2D eigenvalue weighted by Gasteiger charge is 2.25.